The molecule has 3 rings (SSSR count). The minimum atomic E-state index is -0.427. The van der Waals surface area contributed by atoms with Gasteiger partial charge in [0.15, 0.2) is 0 Å². The van der Waals surface area contributed by atoms with Gasteiger partial charge >= 0.3 is 0 Å². The highest BCUT2D eigenvalue weighted by Gasteiger charge is 2.23. The van der Waals surface area contributed by atoms with Crippen LogP contribution in [-0.4, -0.2) is 23.9 Å². The van der Waals surface area contributed by atoms with Crippen LogP contribution in [0.25, 0.3) is 10.2 Å². The molecule has 0 aliphatic heterocycles. The molecule has 1 aromatic heterocycles. The second-order valence-electron chi connectivity index (χ2n) is 5.12. The van der Waals surface area contributed by atoms with E-state index in [0.717, 1.165) is 9.71 Å². The second-order valence-corrected chi connectivity index (χ2v) is 6.54. The van der Waals surface area contributed by atoms with Gasteiger partial charge in [-0.2, -0.15) is 5.01 Å². The molecule has 2 amide bonds. The number of fused-ring (bicyclic) bond motifs is 1. The van der Waals surface area contributed by atoms with E-state index in [1.54, 1.807) is 36.4 Å². The maximum Gasteiger partial charge on any atom is 0.279 e. The third-order valence-corrected chi connectivity index (χ3v) is 4.65. The van der Waals surface area contributed by atoms with Gasteiger partial charge in [-0.3, -0.25) is 15.0 Å². The number of ether oxygens (including phenoxy) is 1. The Kier molecular flexibility index (Phi) is 4.87. The number of thiazole rings is 1. The first kappa shape index (κ1) is 17.2. The zero-order chi connectivity index (χ0) is 18.0. The number of methoxy groups -OCH3 is 1. The topological polar surface area (TPSA) is 71.5 Å². The molecule has 0 saturated carbocycles. The van der Waals surface area contributed by atoms with Gasteiger partial charge in [0, 0.05) is 12.5 Å². The average Bonchev–Trinajstić information content (AvgIpc) is 3.04. The predicted octanol–water partition coefficient (Wildman–Crippen LogP) is 3.66. The van der Waals surface area contributed by atoms with E-state index in [1.807, 2.05) is 6.07 Å². The summed E-state index contributed by atoms with van der Waals surface area (Å²) < 4.78 is 5.96. The Morgan fingerprint density at radius 2 is 2.00 bits per heavy atom. The number of hydrazine groups is 1. The fraction of sp³-hybridized carbons (Fsp3) is 0.118. The Balaban J connectivity index is 2.05. The lowest BCUT2D eigenvalue weighted by Crippen LogP contribution is -2.45. The molecule has 0 aliphatic carbocycles. The summed E-state index contributed by atoms with van der Waals surface area (Å²) in [5.74, 6) is -0.271. The molecule has 0 bridgehead atoms. The van der Waals surface area contributed by atoms with E-state index in [0.29, 0.717) is 27.0 Å². The van der Waals surface area contributed by atoms with Crippen LogP contribution in [0.15, 0.2) is 42.5 Å². The Labute approximate surface area is 153 Å². The normalized spacial score (nSPS) is 10.5. The van der Waals surface area contributed by atoms with Crippen molar-refractivity contribution in [2.75, 3.05) is 12.1 Å². The van der Waals surface area contributed by atoms with Gasteiger partial charge in [0.1, 0.15) is 11.3 Å². The maximum absolute atomic E-state index is 12.9. The number of hydrogen-bond acceptors (Lipinski definition) is 5. The summed E-state index contributed by atoms with van der Waals surface area (Å²) >= 11 is 7.41. The maximum atomic E-state index is 12.9. The largest absolute Gasteiger partial charge is 0.497 e. The smallest absolute Gasteiger partial charge is 0.279 e. The molecule has 128 valence electrons. The Bertz CT molecular complexity index is 957. The minimum Gasteiger partial charge on any atom is -0.497 e. The van der Waals surface area contributed by atoms with Crippen molar-refractivity contribution >= 4 is 50.1 Å². The highest BCUT2D eigenvalue weighted by Crippen LogP contribution is 2.33. The van der Waals surface area contributed by atoms with E-state index in [-0.39, 0.29) is 5.91 Å². The van der Waals surface area contributed by atoms with E-state index < -0.39 is 5.91 Å². The van der Waals surface area contributed by atoms with Crippen molar-refractivity contribution in [2.45, 2.75) is 6.92 Å². The summed E-state index contributed by atoms with van der Waals surface area (Å²) in [6.07, 6.45) is 0. The van der Waals surface area contributed by atoms with Gasteiger partial charge < -0.3 is 4.74 Å². The Hall–Kier alpha value is -2.64. The number of anilines is 1. The van der Waals surface area contributed by atoms with E-state index in [2.05, 4.69) is 10.4 Å². The number of carbonyl (C=O) groups is 2. The fourth-order valence-electron chi connectivity index (χ4n) is 2.23. The van der Waals surface area contributed by atoms with Gasteiger partial charge in [0.2, 0.25) is 11.0 Å². The third-order valence-electron chi connectivity index (χ3n) is 3.34. The molecule has 0 fully saturated rings. The number of carbonyl (C=O) groups excluding carboxylic acids is 2. The van der Waals surface area contributed by atoms with Crippen LogP contribution in [0.3, 0.4) is 0 Å². The molecule has 25 heavy (non-hydrogen) atoms. The van der Waals surface area contributed by atoms with Crippen molar-refractivity contribution in [2.24, 2.45) is 0 Å². The van der Waals surface area contributed by atoms with Crippen molar-refractivity contribution in [3.8, 4) is 5.75 Å². The molecule has 3 aromatic rings. The molecule has 6 nitrogen and oxygen atoms in total. The van der Waals surface area contributed by atoms with Gasteiger partial charge in [-0.15, -0.1) is 0 Å². The van der Waals surface area contributed by atoms with Crippen LogP contribution >= 0.6 is 22.9 Å². The first-order valence-electron chi connectivity index (χ1n) is 7.30. The summed E-state index contributed by atoms with van der Waals surface area (Å²) in [5, 5.41) is 1.93. The molecule has 0 radical (unpaired) electrons. The molecule has 1 N–H and O–H groups in total. The van der Waals surface area contributed by atoms with Crippen LogP contribution < -0.4 is 15.2 Å². The Morgan fingerprint density at radius 1 is 1.24 bits per heavy atom. The van der Waals surface area contributed by atoms with Crippen molar-refractivity contribution in [3.63, 3.8) is 0 Å². The minimum absolute atomic E-state index is 0.325. The second kappa shape index (κ2) is 7.08. The summed E-state index contributed by atoms with van der Waals surface area (Å²) in [6, 6.07) is 12.0. The van der Waals surface area contributed by atoms with Crippen molar-refractivity contribution in [1.29, 1.82) is 0 Å². The highest BCUT2D eigenvalue weighted by atomic mass is 35.5. The number of benzene rings is 2. The number of aromatic nitrogens is 1. The Morgan fingerprint density at radius 3 is 2.68 bits per heavy atom. The molecule has 0 spiro atoms. The molecular formula is C17H14ClN3O3S. The van der Waals surface area contributed by atoms with Crippen LogP contribution in [0, 0.1) is 0 Å². The number of nitrogens with one attached hydrogen (secondary N) is 1. The first-order chi connectivity index (χ1) is 12.0. The zero-order valence-electron chi connectivity index (χ0n) is 13.4. The van der Waals surface area contributed by atoms with E-state index >= 15 is 0 Å². The van der Waals surface area contributed by atoms with Crippen molar-refractivity contribution in [1.82, 2.24) is 10.4 Å². The fourth-order valence-corrected chi connectivity index (χ4v) is 3.45. The average molecular weight is 376 g/mol. The van der Waals surface area contributed by atoms with Gasteiger partial charge in [0.25, 0.3) is 5.91 Å². The number of halogens is 1. The molecule has 0 aliphatic rings. The van der Waals surface area contributed by atoms with Gasteiger partial charge in [0.05, 0.1) is 16.8 Å². The summed E-state index contributed by atoms with van der Waals surface area (Å²) in [7, 11) is 1.52. The molecule has 2 aromatic carbocycles. The van der Waals surface area contributed by atoms with Crippen LogP contribution in [0.2, 0.25) is 5.02 Å². The quantitative estimate of drug-likeness (QED) is 0.709. The number of nitrogens with zero attached hydrogens (tertiary/aromatic N) is 2. The van der Waals surface area contributed by atoms with E-state index in [4.69, 9.17) is 16.3 Å². The zero-order valence-corrected chi connectivity index (χ0v) is 15.0. The number of hydrogen-bond donors (Lipinski definition) is 1. The van der Waals surface area contributed by atoms with Gasteiger partial charge in [-0.1, -0.05) is 35.1 Å². The van der Waals surface area contributed by atoms with Gasteiger partial charge in [-0.05, 0) is 30.3 Å². The highest BCUT2D eigenvalue weighted by molar-refractivity contribution is 7.22. The molecule has 0 unspecified atom stereocenters. The molecule has 0 atom stereocenters. The van der Waals surface area contributed by atoms with Crippen LogP contribution in [0.5, 0.6) is 5.75 Å². The summed E-state index contributed by atoms with van der Waals surface area (Å²) in [4.78, 5) is 28.9. The van der Waals surface area contributed by atoms with Crippen molar-refractivity contribution < 1.29 is 14.3 Å². The van der Waals surface area contributed by atoms with Crippen LogP contribution in [0.1, 0.15) is 17.3 Å². The molecule has 0 saturated heterocycles. The molecule has 8 heteroatoms. The SMILES string of the molecule is COc1cccc(C(=O)N(NC(C)=O)c2nc3c(Cl)cccc3s2)c1. The first-order valence-corrected chi connectivity index (χ1v) is 8.50. The van der Waals surface area contributed by atoms with Crippen LogP contribution in [0.4, 0.5) is 5.13 Å². The number of para-hydroxylation sites is 1. The monoisotopic (exact) mass is 375 g/mol. The lowest BCUT2D eigenvalue weighted by atomic mass is 10.2. The summed E-state index contributed by atoms with van der Waals surface area (Å²) in [5.41, 5.74) is 3.46. The number of rotatable bonds is 3. The van der Waals surface area contributed by atoms with E-state index in [9.17, 15) is 9.59 Å². The molecule has 1 heterocycles. The lowest BCUT2D eigenvalue weighted by molar-refractivity contribution is -0.119. The predicted molar refractivity (Wildman–Crippen MR) is 98.3 cm³/mol. The number of amides is 2. The third kappa shape index (κ3) is 3.57. The standard InChI is InChI=1S/C17H14ClN3O3S/c1-10(22)20-21(16(23)11-5-3-6-12(9-11)24-2)17-19-15-13(18)7-4-8-14(15)25-17/h3-9H,1-2H3,(H,20,22). The van der Waals surface area contributed by atoms with Crippen molar-refractivity contribution in [3.05, 3.63) is 53.1 Å². The summed E-state index contributed by atoms with van der Waals surface area (Å²) in [6.45, 7) is 1.33. The molecular weight excluding hydrogens is 362 g/mol. The van der Waals surface area contributed by atoms with Crippen LogP contribution in [-0.2, 0) is 4.79 Å². The van der Waals surface area contributed by atoms with Gasteiger partial charge in [-0.25, -0.2) is 4.98 Å². The van der Waals surface area contributed by atoms with E-state index in [1.165, 1.54) is 25.4 Å². The lowest BCUT2D eigenvalue weighted by Gasteiger charge is -2.19.